The third-order valence-corrected chi connectivity index (χ3v) is 6.00. The average Bonchev–Trinajstić information content (AvgIpc) is 2.89. The Kier molecular flexibility index (Phi) is 4.97. The number of benzene rings is 3. The Morgan fingerprint density at radius 1 is 0.967 bits per heavy atom. The maximum absolute atomic E-state index is 14.4. The van der Waals surface area contributed by atoms with Gasteiger partial charge in [0.2, 0.25) is 5.91 Å². The predicted octanol–water partition coefficient (Wildman–Crippen LogP) is 4.53. The highest BCUT2D eigenvalue weighted by atomic mass is 19.1. The minimum absolute atomic E-state index is 0.0314. The van der Waals surface area contributed by atoms with Crippen LogP contribution < -0.4 is 10.2 Å². The van der Waals surface area contributed by atoms with Crippen LogP contribution in [-0.2, 0) is 11.3 Å². The number of hydrogen-bond acceptors (Lipinski definition) is 3. The van der Waals surface area contributed by atoms with Crippen LogP contribution in [0.25, 0.3) is 11.1 Å². The van der Waals surface area contributed by atoms with Crippen LogP contribution in [0.5, 0.6) is 0 Å². The summed E-state index contributed by atoms with van der Waals surface area (Å²) in [5.41, 5.74) is 4.47. The van der Waals surface area contributed by atoms with E-state index in [1.54, 1.807) is 12.1 Å². The van der Waals surface area contributed by atoms with Crippen LogP contribution in [0.4, 0.5) is 15.8 Å². The van der Waals surface area contributed by atoms with Crippen molar-refractivity contribution >= 4 is 17.3 Å². The average molecular weight is 401 g/mol. The maximum atomic E-state index is 14.4. The minimum Gasteiger partial charge on any atom is -0.364 e. The second kappa shape index (κ2) is 7.92. The van der Waals surface area contributed by atoms with Gasteiger partial charge in [-0.25, -0.2) is 4.39 Å². The van der Waals surface area contributed by atoms with Gasteiger partial charge in [-0.1, -0.05) is 54.6 Å². The maximum Gasteiger partial charge on any atom is 0.226 e. The predicted molar refractivity (Wildman–Crippen MR) is 118 cm³/mol. The molecular weight excluding hydrogens is 377 g/mol. The van der Waals surface area contributed by atoms with Crippen molar-refractivity contribution in [3.8, 4) is 11.1 Å². The summed E-state index contributed by atoms with van der Waals surface area (Å²) >= 11 is 0. The molecule has 0 spiro atoms. The second-order valence-corrected chi connectivity index (χ2v) is 8.03. The molecule has 1 atom stereocenters. The van der Waals surface area contributed by atoms with Crippen LogP contribution in [0.1, 0.15) is 12.0 Å². The Hall–Kier alpha value is -3.18. The zero-order valence-electron chi connectivity index (χ0n) is 16.7. The van der Waals surface area contributed by atoms with E-state index in [2.05, 4.69) is 39.4 Å². The monoisotopic (exact) mass is 401 g/mol. The van der Waals surface area contributed by atoms with E-state index in [1.165, 1.54) is 11.6 Å². The third kappa shape index (κ3) is 3.68. The van der Waals surface area contributed by atoms with Crippen LogP contribution in [0.15, 0.2) is 72.8 Å². The molecule has 0 aliphatic carbocycles. The first-order valence-corrected chi connectivity index (χ1v) is 10.4. The SMILES string of the molecule is O=C1C[C@H]2CN(Cc3ccccc3)CCN2c2cc(-c3ccccc3F)ccc2N1. The molecule has 1 N–H and O–H groups in total. The Bertz CT molecular complexity index is 1070. The van der Waals surface area contributed by atoms with Crippen LogP contribution in [-0.4, -0.2) is 36.5 Å². The number of halogens is 1. The molecule has 5 heteroatoms. The van der Waals surface area contributed by atoms with Crippen molar-refractivity contribution in [2.75, 3.05) is 29.9 Å². The van der Waals surface area contributed by atoms with Gasteiger partial charge in [-0.2, -0.15) is 0 Å². The smallest absolute Gasteiger partial charge is 0.226 e. The minimum atomic E-state index is -0.237. The molecular formula is C25H24FN3O. The second-order valence-electron chi connectivity index (χ2n) is 8.03. The summed E-state index contributed by atoms with van der Waals surface area (Å²) in [5, 5.41) is 3.04. The molecule has 0 saturated carbocycles. The number of hydrogen-bond donors (Lipinski definition) is 1. The highest BCUT2D eigenvalue weighted by molar-refractivity contribution is 5.97. The van der Waals surface area contributed by atoms with E-state index in [0.717, 1.165) is 43.1 Å². The van der Waals surface area contributed by atoms with Crippen molar-refractivity contribution < 1.29 is 9.18 Å². The Balaban J connectivity index is 1.44. The summed E-state index contributed by atoms with van der Waals surface area (Å²) < 4.78 is 14.4. The number of anilines is 2. The molecule has 4 nitrogen and oxygen atoms in total. The van der Waals surface area contributed by atoms with E-state index in [0.29, 0.717) is 12.0 Å². The van der Waals surface area contributed by atoms with Crippen LogP contribution >= 0.6 is 0 Å². The van der Waals surface area contributed by atoms with Gasteiger partial charge in [0.05, 0.1) is 17.4 Å². The summed E-state index contributed by atoms with van der Waals surface area (Å²) in [6, 6.07) is 23.1. The molecule has 152 valence electrons. The molecule has 3 aromatic carbocycles. The molecule has 0 radical (unpaired) electrons. The van der Waals surface area contributed by atoms with Gasteiger partial charge in [-0.05, 0) is 29.3 Å². The van der Waals surface area contributed by atoms with Crippen molar-refractivity contribution in [1.82, 2.24) is 4.90 Å². The summed E-state index contributed by atoms with van der Waals surface area (Å²) in [5.74, 6) is -0.205. The van der Waals surface area contributed by atoms with E-state index in [-0.39, 0.29) is 17.8 Å². The summed E-state index contributed by atoms with van der Waals surface area (Å²) in [4.78, 5) is 17.3. The number of amides is 1. The molecule has 1 saturated heterocycles. The van der Waals surface area contributed by atoms with Gasteiger partial charge in [-0.3, -0.25) is 9.69 Å². The van der Waals surface area contributed by atoms with E-state index in [1.807, 2.05) is 30.3 Å². The van der Waals surface area contributed by atoms with Gasteiger partial charge in [0.25, 0.3) is 0 Å². The van der Waals surface area contributed by atoms with Gasteiger partial charge >= 0.3 is 0 Å². The first-order chi connectivity index (χ1) is 14.7. The molecule has 0 bridgehead atoms. The molecule has 2 aliphatic rings. The highest BCUT2D eigenvalue weighted by Crippen LogP contribution is 2.37. The lowest BCUT2D eigenvalue weighted by Gasteiger charge is -2.42. The highest BCUT2D eigenvalue weighted by Gasteiger charge is 2.33. The van der Waals surface area contributed by atoms with E-state index in [4.69, 9.17) is 0 Å². The van der Waals surface area contributed by atoms with E-state index < -0.39 is 0 Å². The Morgan fingerprint density at radius 3 is 2.60 bits per heavy atom. The molecule has 3 aromatic rings. The number of rotatable bonds is 3. The fourth-order valence-electron chi connectivity index (χ4n) is 4.55. The van der Waals surface area contributed by atoms with E-state index >= 15 is 0 Å². The first kappa shape index (κ1) is 18.8. The van der Waals surface area contributed by atoms with Crippen molar-refractivity contribution in [2.45, 2.75) is 19.0 Å². The molecule has 5 rings (SSSR count). The summed E-state index contributed by atoms with van der Waals surface area (Å²) in [6.45, 7) is 3.46. The van der Waals surface area contributed by atoms with Gasteiger partial charge in [-0.15, -0.1) is 0 Å². The fraction of sp³-hybridized carbons (Fsp3) is 0.240. The number of carbonyl (C=O) groups excluding carboxylic acids is 1. The lowest BCUT2D eigenvalue weighted by Crippen LogP contribution is -2.53. The van der Waals surface area contributed by atoms with Crippen LogP contribution in [0.2, 0.25) is 0 Å². The molecule has 2 heterocycles. The van der Waals surface area contributed by atoms with Crippen LogP contribution in [0.3, 0.4) is 0 Å². The molecule has 0 aromatic heterocycles. The lowest BCUT2D eigenvalue weighted by atomic mass is 10.0. The Morgan fingerprint density at radius 2 is 1.77 bits per heavy atom. The van der Waals surface area contributed by atoms with Gasteiger partial charge in [0, 0.05) is 38.2 Å². The number of nitrogens with one attached hydrogen (secondary N) is 1. The quantitative estimate of drug-likeness (QED) is 0.701. The van der Waals surface area contributed by atoms with Crippen molar-refractivity contribution in [3.63, 3.8) is 0 Å². The lowest BCUT2D eigenvalue weighted by molar-refractivity contribution is -0.116. The molecule has 1 amide bonds. The van der Waals surface area contributed by atoms with Crippen molar-refractivity contribution in [1.29, 1.82) is 0 Å². The van der Waals surface area contributed by atoms with Gasteiger partial charge < -0.3 is 10.2 Å². The zero-order chi connectivity index (χ0) is 20.5. The molecule has 2 aliphatic heterocycles. The molecule has 0 unspecified atom stereocenters. The fourth-order valence-corrected chi connectivity index (χ4v) is 4.55. The van der Waals surface area contributed by atoms with Crippen LogP contribution in [0, 0.1) is 5.82 Å². The molecule has 30 heavy (non-hydrogen) atoms. The number of fused-ring (bicyclic) bond motifs is 3. The Labute approximate surface area is 175 Å². The third-order valence-electron chi connectivity index (χ3n) is 6.00. The summed E-state index contributed by atoms with van der Waals surface area (Å²) in [6.07, 6.45) is 0.453. The number of nitrogens with zero attached hydrogens (tertiary/aromatic N) is 2. The topological polar surface area (TPSA) is 35.6 Å². The largest absolute Gasteiger partial charge is 0.364 e. The molecule has 1 fully saturated rings. The van der Waals surface area contributed by atoms with Gasteiger partial charge in [0.1, 0.15) is 5.82 Å². The normalized spacial score (nSPS) is 18.9. The standard InChI is InChI=1S/C25H24FN3O/c26-22-9-5-4-8-21(22)19-10-11-23-24(14-19)29-13-12-28(16-18-6-2-1-3-7-18)17-20(29)15-25(30)27-23/h1-11,14,20H,12-13,15-17H2,(H,27,30)/t20-/m0/s1. The van der Waals surface area contributed by atoms with Crippen molar-refractivity contribution in [2.24, 2.45) is 0 Å². The number of piperazine rings is 1. The first-order valence-electron chi connectivity index (χ1n) is 10.4. The van der Waals surface area contributed by atoms with Crippen molar-refractivity contribution in [3.05, 3.63) is 84.2 Å². The zero-order valence-corrected chi connectivity index (χ0v) is 16.7. The number of carbonyl (C=O) groups is 1. The van der Waals surface area contributed by atoms with E-state index in [9.17, 15) is 9.18 Å². The van der Waals surface area contributed by atoms with Gasteiger partial charge in [0.15, 0.2) is 0 Å². The summed E-state index contributed by atoms with van der Waals surface area (Å²) in [7, 11) is 0.